The summed E-state index contributed by atoms with van der Waals surface area (Å²) in [7, 11) is 0. The lowest BCUT2D eigenvalue weighted by Crippen LogP contribution is -2.42. The van der Waals surface area contributed by atoms with E-state index in [0.717, 1.165) is 6.04 Å². The smallest absolute Gasteiger partial charge is 0.0551 e. The average Bonchev–Trinajstić information content (AvgIpc) is 3.11. The molecule has 1 aliphatic carbocycles. The van der Waals surface area contributed by atoms with Crippen molar-refractivity contribution in [1.29, 1.82) is 0 Å². The Kier molecular flexibility index (Phi) is 3.75. The van der Waals surface area contributed by atoms with Gasteiger partial charge in [0, 0.05) is 6.04 Å². The summed E-state index contributed by atoms with van der Waals surface area (Å²) in [6, 6.07) is 11.4. The molecular formula is C14H20N2. The topological polar surface area (TPSA) is 24.1 Å². The first kappa shape index (κ1) is 11.4. The highest BCUT2D eigenvalue weighted by Crippen LogP contribution is 2.20. The zero-order valence-electron chi connectivity index (χ0n) is 9.82. The standard InChI is InChI=1S/C14H20N2/c1-3-14(12-7-5-4-6-8-12)16-11(2)15-13-9-10-13/h3-8,11,13-16H,1,9-10H2,2H3. The second kappa shape index (κ2) is 5.28. The fourth-order valence-corrected chi connectivity index (χ4v) is 1.88. The molecule has 2 rings (SSSR count). The van der Waals surface area contributed by atoms with Crippen LogP contribution < -0.4 is 10.6 Å². The van der Waals surface area contributed by atoms with Crippen LogP contribution in [0.1, 0.15) is 31.4 Å². The Morgan fingerprint density at radius 1 is 1.31 bits per heavy atom. The van der Waals surface area contributed by atoms with E-state index in [1.165, 1.54) is 18.4 Å². The molecule has 1 aromatic rings. The van der Waals surface area contributed by atoms with Crippen LogP contribution in [-0.2, 0) is 0 Å². The Balaban J connectivity index is 1.91. The molecule has 86 valence electrons. The zero-order valence-corrected chi connectivity index (χ0v) is 9.82. The molecule has 2 nitrogen and oxygen atoms in total. The van der Waals surface area contributed by atoms with Crippen molar-refractivity contribution in [3.8, 4) is 0 Å². The molecule has 1 fully saturated rings. The molecule has 0 aliphatic heterocycles. The van der Waals surface area contributed by atoms with Crippen molar-refractivity contribution in [2.24, 2.45) is 0 Å². The lowest BCUT2D eigenvalue weighted by molar-refractivity contribution is 0.425. The van der Waals surface area contributed by atoms with Gasteiger partial charge in [-0.25, -0.2) is 0 Å². The van der Waals surface area contributed by atoms with E-state index in [0.29, 0.717) is 6.17 Å². The monoisotopic (exact) mass is 216 g/mol. The molecule has 2 atom stereocenters. The Morgan fingerprint density at radius 2 is 2.00 bits per heavy atom. The highest BCUT2D eigenvalue weighted by atomic mass is 15.2. The SMILES string of the molecule is C=CC(NC(C)NC1CC1)c1ccccc1. The Labute approximate surface area is 97.8 Å². The van der Waals surface area contributed by atoms with Crippen molar-refractivity contribution in [2.45, 2.75) is 38.0 Å². The predicted molar refractivity (Wildman–Crippen MR) is 68.1 cm³/mol. The summed E-state index contributed by atoms with van der Waals surface area (Å²) >= 11 is 0. The molecular weight excluding hydrogens is 196 g/mol. The molecule has 0 bridgehead atoms. The highest BCUT2D eigenvalue weighted by molar-refractivity contribution is 5.22. The van der Waals surface area contributed by atoms with Crippen LogP contribution in [-0.4, -0.2) is 12.2 Å². The van der Waals surface area contributed by atoms with E-state index in [-0.39, 0.29) is 6.04 Å². The van der Waals surface area contributed by atoms with Crippen LogP contribution in [0, 0.1) is 0 Å². The van der Waals surface area contributed by atoms with Gasteiger partial charge >= 0.3 is 0 Å². The van der Waals surface area contributed by atoms with Crippen molar-refractivity contribution < 1.29 is 0 Å². The number of hydrogen-bond donors (Lipinski definition) is 2. The third-order valence-corrected chi connectivity index (χ3v) is 2.89. The first-order valence-electron chi connectivity index (χ1n) is 5.99. The Bertz CT molecular complexity index is 330. The first-order valence-corrected chi connectivity index (χ1v) is 5.99. The summed E-state index contributed by atoms with van der Waals surface area (Å²) < 4.78 is 0. The summed E-state index contributed by atoms with van der Waals surface area (Å²) in [5.74, 6) is 0. The van der Waals surface area contributed by atoms with E-state index < -0.39 is 0 Å². The summed E-state index contributed by atoms with van der Waals surface area (Å²) in [6.07, 6.45) is 4.92. The van der Waals surface area contributed by atoms with Gasteiger partial charge in [-0.3, -0.25) is 10.6 Å². The van der Waals surface area contributed by atoms with E-state index in [4.69, 9.17) is 0 Å². The average molecular weight is 216 g/mol. The fraction of sp³-hybridized carbons (Fsp3) is 0.429. The van der Waals surface area contributed by atoms with E-state index in [9.17, 15) is 0 Å². The van der Waals surface area contributed by atoms with Gasteiger partial charge in [0.15, 0.2) is 0 Å². The summed E-state index contributed by atoms with van der Waals surface area (Å²) in [6.45, 7) is 6.06. The van der Waals surface area contributed by atoms with E-state index >= 15 is 0 Å². The molecule has 0 amide bonds. The van der Waals surface area contributed by atoms with Crippen LogP contribution in [0.25, 0.3) is 0 Å². The molecule has 1 aromatic carbocycles. The van der Waals surface area contributed by atoms with Crippen molar-refractivity contribution >= 4 is 0 Å². The first-order chi connectivity index (χ1) is 7.79. The summed E-state index contributed by atoms with van der Waals surface area (Å²) in [5.41, 5.74) is 1.27. The van der Waals surface area contributed by atoms with Crippen LogP contribution in [0.5, 0.6) is 0 Å². The van der Waals surface area contributed by atoms with Crippen molar-refractivity contribution in [3.05, 3.63) is 48.6 Å². The minimum absolute atomic E-state index is 0.224. The van der Waals surface area contributed by atoms with Gasteiger partial charge in [-0.1, -0.05) is 36.4 Å². The number of benzene rings is 1. The molecule has 2 N–H and O–H groups in total. The van der Waals surface area contributed by atoms with E-state index in [1.807, 2.05) is 12.1 Å². The molecule has 0 aromatic heterocycles. The van der Waals surface area contributed by atoms with Gasteiger partial charge in [0.1, 0.15) is 0 Å². The maximum absolute atomic E-state index is 3.89. The van der Waals surface area contributed by atoms with Crippen LogP contribution in [0.15, 0.2) is 43.0 Å². The minimum atomic E-state index is 0.224. The molecule has 0 saturated heterocycles. The third-order valence-electron chi connectivity index (χ3n) is 2.89. The van der Waals surface area contributed by atoms with Crippen LogP contribution in [0.2, 0.25) is 0 Å². The maximum Gasteiger partial charge on any atom is 0.0551 e. The third kappa shape index (κ3) is 3.19. The minimum Gasteiger partial charge on any atom is -0.299 e. The zero-order chi connectivity index (χ0) is 11.4. The molecule has 2 unspecified atom stereocenters. The van der Waals surface area contributed by atoms with Crippen molar-refractivity contribution in [2.75, 3.05) is 0 Å². The number of rotatable bonds is 6. The molecule has 2 heteroatoms. The molecule has 1 aliphatic rings. The summed E-state index contributed by atoms with van der Waals surface area (Å²) in [4.78, 5) is 0. The van der Waals surface area contributed by atoms with Crippen LogP contribution in [0.3, 0.4) is 0 Å². The van der Waals surface area contributed by atoms with Crippen LogP contribution >= 0.6 is 0 Å². The van der Waals surface area contributed by atoms with Gasteiger partial charge in [0.05, 0.1) is 12.2 Å². The molecule has 16 heavy (non-hydrogen) atoms. The van der Waals surface area contributed by atoms with Gasteiger partial charge in [-0.05, 0) is 25.3 Å². The van der Waals surface area contributed by atoms with E-state index in [2.05, 4.69) is 48.4 Å². The van der Waals surface area contributed by atoms with Crippen molar-refractivity contribution in [1.82, 2.24) is 10.6 Å². The maximum atomic E-state index is 3.89. The normalized spacial score (nSPS) is 19.1. The molecule has 0 radical (unpaired) electrons. The lowest BCUT2D eigenvalue weighted by Gasteiger charge is -2.22. The fourth-order valence-electron chi connectivity index (χ4n) is 1.88. The summed E-state index contributed by atoms with van der Waals surface area (Å²) in [5, 5.41) is 7.05. The van der Waals surface area contributed by atoms with Crippen LogP contribution in [0.4, 0.5) is 0 Å². The molecule has 0 heterocycles. The Hall–Kier alpha value is -1.12. The number of nitrogens with one attached hydrogen (secondary N) is 2. The molecule has 0 spiro atoms. The quantitative estimate of drug-likeness (QED) is 0.564. The second-order valence-electron chi connectivity index (χ2n) is 4.45. The lowest BCUT2D eigenvalue weighted by atomic mass is 10.1. The highest BCUT2D eigenvalue weighted by Gasteiger charge is 2.23. The van der Waals surface area contributed by atoms with E-state index in [1.54, 1.807) is 0 Å². The Morgan fingerprint density at radius 3 is 2.56 bits per heavy atom. The number of hydrogen-bond acceptors (Lipinski definition) is 2. The largest absolute Gasteiger partial charge is 0.299 e. The van der Waals surface area contributed by atoms with Gasteiger partial charge in [0.25, 0.3) is 0 Å². The van der Waals surface area contributed by atoms with Gasteiger partial charge in [-0.2, -0.15) is 0 Å². The van der Waals surface area contributed by atoms with Gasteiger partial charge < -0.3 is 0 Å². The predicted octanol–water partition coefficient (Wildman–Crippen LogP) is 2.60. The van der Waals surface area contributed by atoms with Gasteiger partial charge in [-0.15, -0.1) is 6.58 Å². The van der Waals surface area contributed by atoms with Gasteiger partial charge in [0.2, 0.25) is 0 Å². The van der Waals surface area contributed by atoms with Crippen molar-refractivity contribution in [3.63, 3.8) is 0 Å². The second-order valence-corrected chi connectivity index (χ2v) is 4.45. The molecule has 1 saturated carbocycles.